The predicted octanol–water partition coefficient (Wildman–Crippen LogP) is 4.10. The Labute approximate surface area is 262 Å². The molecule has 1 saturated carbocycles. The maximum absolute atomic E-state index is 15.2. The summed E-state index contributed by atoms with van der Waals surface area (Å²) in [6.45, 7) is 4.45. The summed E-state index contributed by atoms with van der Waals surface area (Å²) < 4.78 is 20.6. The first kappa shape index (κ1) is 29.5. The molecule has 2 aromatic carbocycles. The van der Waals surface area contributed by atoms with Crippen molar-refractivity contribution in [2.24, 2.45) is 7.05 Å². The van der Waals surface area contributed by atoms with Crippen LogP contribution in [0.2, 0.25) is 0 Å². The standard InChI is InChI=1S/C31H41N8O4S/c1-22-42-20-28(43-22)39(44-29-34-33-21-35(29)2)30(36-18-17-32-19-26(36)25-15-9-10-16-27(25)41-3)37(23-11-7-8-12-23)31(40)38(39)24-13-5-4-6-14-24/h4-6,9-10,13-16,21-23,26,28,30,32H,7-8,11-12,17-20H2,1-3H3/q+1. The number of methoxy groups -OCH3 is 1. The van der Waals surface area contributed by atoms with Crippen LogP contribution < -0.4 is 15.1 Å². The molecule has 44 heavy (non-hydrogen) atoms. The molecule has 0 bridgehead atoms. The van der Waals surface area contributed by atoms with Crippen molar-refractivity contribution < 1.29 is 23.0 Å². The smallest absolute Gasteiger partial charge is 0.376 e. The summed E-state index contributed by atoms with van der Waals surface area (Å²) in [6, 6.07) is 18.1. The largest absolute Gasteiger partial charge is 0.496 e. The van der Waals surface area contributed by atoms with Crippen LogP contribution in [0.15, 0.2) is 66.1 Å². The number of nitrogens with one attached hydrogen (secondary N) is 1. The van der Waals surface area contributed by atoms with Gasteiger partial charge in [0.2, 0.25) is 0 Å². The van der Waals surface area contributed by atoms with Gasteiger partial charge in [-0.15, -0.1) is 15.2 Å². The average molecular weight is 622 g/mol. The second-order valence-electron chi connectivity index (χ2n) is 11.8. The van der Waals surface area contributed by atoms with Gasteiger partial charge in [-0.2, -0.15) is 0 Å². The van der Waals surface area contributed by atoms with Crippen LogP contribution in [0.25, 0.3) is 0 Å². The summed E-state index contributed by atoms with van der Waals surface area (Å²) >= 11 is 1.50. The van der Waals surface area contributed by atoms with Crippen molar-refractivity contribution in [1.82, 2.24) is 29.9 Å². The van der Waals surface area contributed by atoms with E-state index in [4.69, 9.17) is 14.2 Å². The van der Waals surface area contributed by atoms with Gasteiger partial charge in [0.25, 0.3) is 17.7 Å². The molecule has 12 nitrogen and oxygen atoms in total. The highest BCUT2D eigenvalue weighted by atomic mass is 32.2. The number of anilines is 1. The molecular weight excluding hydrogens is 580 g/mol. The zero-order valence-corrected chi connectivity index (χ0v) is 26.3. The van der Waals surface area contributed by atoms with Gasteiger partial charge in [-0.3, -0.25) is 9.64 Å². The number of benzene rings is 2. The van der Waals surface area contributed by atoms with Gasteiger partial charge in [-0.1, -0.05) is 53.2 Å². The summed E-state index contributed by atoms with van der Waals surface area (Å²) in [5.74, 6) is 0.830. The lowest BCUT2D eigenvalue weighted by Crippen LogP contribution is -2.70. The molecule has 4 fully saturated rings. The van der Waals surface area contributed by atoms with E-state index < -0.39 is 18.8 Å². The average Bonchev–Trinajstić information content (AvgIpc) is 3.86. The van der Waals surface area contributed by atoms with Crippen LogP contribution in [-0.2, 0) is 16.5 Å². The number of hydrogen-bond donors (Lipinski definition) is 1. The van der Waals surface area contributed by atoms with Crippen LogP contribution in [0.4, 0.5) is 10.5 Å². The van der Waals surface area contributed by atoms with Crippen LogP contribution in [-0.4, -0.2) is 92.8 Å². The minimum Gasteiger partial charge on any atom is -0.496 e. The number of rotatable bonds is 8. The Hall–Kier alpha value is -3.20. The number of ether oxygens (including phenoxy) is 3. The first-order valence-electron chi connectivity index (χ1n) is 15.5. The quantitative estimate of drug-likeness (QED) is 0.295. The van der Waals surface area contributed by atoms with Gasteiger partial charge >= 0.3 is 6.03 Å². The number of carbonyl (C=O) groups excluding carboxylic acids is 1. The predicted molar refractivity (Wildman–Crippen MR) is 165 cm³/mol. The first-order valence-corrected chi connectivity index (χ1v) is 16.3. The fourth-order valence-electron chi connectivity index (χ4n) is 7.23. The van der Waals surface area contributed by atoms with Gasteiger partial charge in [-0.05, 0) is 38.0 Å². The Kier molecular flexibility index (Phi) is 8.25. The van der Waals surface area contributed by atoms with Crippen molar-refractivity contribution in [3.05, 3.63) is 66.5 Å². The van der Waals surface area contributed by atoms with Crippen molar-refractivity contribution in [1.29, 1.82) is 0 Å². The molecule has 3 aliphatic heterocycles. The molecule has 4 heterocycles. The van der Waals surface area contributed by atoms with E-state index in [-0.39, 0.29) is 22.1 Å². The molecule has 5 unspecified atom stereocenters. The number of hydrogen-bond acceptors (Lipinski definition) is 9. The minimum absolute atomic E-state index is 0.0387. The molecule has 3 aromatic rings. The van der Waals surface area contributed by atoms with Gasteiger partial charge in [0.15, 0.2) is 18.2 Å². The van der Waals surface area contributed by atoms with Gasteiger partial charge in [0, 0.05) is 38.3 Å². The van der Waals surface area contributed by atoms with E-state index >= 15 is 4.79 Å². The third-order valence-electron chi connectivity index (χ3n) is 9.23. The number of piperazine rings is 1. The fraction of sp³-hybridized carbons (Fsp3) is 0.516. The highest BCUT2D eigenvalue weighted by Gasteiger charge is 2.70. The Bertz CT molecular complexity index is 1460. The van der Waals surface area contributed by atoms with Gasteiger partial charge in [0.05, 0.1) is 13.2 Å². The maximum Gasteiger partial charge on any atom is 0.376 e. The number of aromatic nitrogens is 3. The molecule has 0 spiro atoms. The molecule has 234 valence electrons. The lowest BCUT2D eigenvalue weighted by Gasteiger charge is -2.49. The number of quaternary nitrogens is 1. The Morgan fingerprint density at radius 2 is 1.86 bits per heavy atom. The van der Waals surface area contributed by atoms with Crippen LogP contribution in [0.1, 0.15) is 44.2 Å². The van der Waals surface area contributed by atoms with Gasteiger partial charge in [0.1, 0.15) is 24.4 Å². The molecule has 13 heteroatoms. The second kappa shape index (κ2) is 12.3. The SMILES string of the molecule is COc1ccccc1C1CNCCN1C1N(C2CCCC2)C(=O)N(c2ccccc2)[N+]1(Sc1nncn1C)C1COC(C)O1. The molecule has 0 radical (unpaired) electrons. The number of carbonyl (C=O) groups is 1. The van der Waals surface area contributed by atoms with Crippen LogP contribution in [0, 0.1) is 0 Å². The van der Waals surface area contributed by atoms with E-state index in [1.165, 1.54) is 11.9 Å². The second-order valence-corrected chi connectivity index (χ2v) is 12.9. The first-order chi connectivity index (χ1) is 21.5. The van der Waals surface area contributed by atoms with Gasteiger partial charge in [-0.25, -0.2) is 9.69 Å². The molecule has 1 N–H and O–H groups in total. The van der Waals surface area contributed by atoms with E-state index in [0.717, 1.165) is 55.8 Å². The van der Waals surface area contributed by atoms with Crippen molar-refractivity contribution in [2.75, 3.05) is 38.4 Å². The minimum atomic E-state index is -0.513. The van der Waals surface area contributed by atoms with Crippen LogP contribution in [0.3, 0.4) is 0 Å². The van der Waals surface area contributed by atoms with E-state index in [1.807, 2.05) is 66.0 Å². The summed E-state index contributed by atoms with van der Waals surface area (Å²) in [4.78, 5) is 19.8. The number of urea groups is 1. The Morgan fingerprint density at radius 1 is 1.09 bits per heavy atom. The molecule has 7 rings (SSSR count). The Morgan fingerprint density at radius 3 is 2.57 bits per heavy atom. The van der Waals surface area contributed by atoms with E-state index in [1.54, 1.807) is 13.4 Å². The lowest BCUT2D eigenvalue weighted by molar-refractivity contribution is -0.885. The number of nitrogens with zero attached hydrogens (tertiary/aromatic N) is 7. The van der Waals surface area contributed by atoms with Crippen molar-refractivity contribution in [3.63, 3.8) is 0 Å². The lowest BCUT2D eigenvalue weighted by atomic mass is 10.0. The topological polar surface area (TPSA) is 97.2 Å². The highest BCUT2D eigenvalue weighted by molar-refractivity contribution is 7.93. The summed E-state index contributed by atoms with van der Waals surface area (Å²) in [5.41, 5.74) is 1.88. The third-order valence-corrected chi connectivity index (χ3v) is 10.6. The molecule has 5 atom stereocenters. The number of amides is 2. The van der Waals surface area contributed by atoms with Crippen molar-refractivity contribution in [2.45, 2.75) is 68.7 Å². The van der Waals surface area contributed by atoms with Crippen LogP contribution in [0.5, 0.6) is 5.75 Å². The number of para-hydroxylation sites is 2. The Balaban J connectivity index is 1.48. The number of aryl methyl sites for hydroxylation is 1. The summed E-state index contributed by atoms with van der Waals surface area (Å²) in [5, 5.41) is 15.0. The van der Waals surface area contributed by atoms with E-state index in [2.05, 4.69) is 37.4 Å². The maximum atomic E-state index is 15.2. The molecule has 3 saturated heterocycles. The molecule has 1 aliphatic carbocycles. The summed E-state index contributed by atoms with van der Waals surface area (Å²) in [6.07, 6.45) is 4.44. The van der Waals surface area contributed by atoms with E-state index in [0.29, 0.717) is 18.3 Å². The normalized spacial score (nSPS) is 30.0. The molecule has 1 aromatic heterocycles. The monoisotopic (exact) mass is 621 g/mol. The zero-order valence-electron chi connectivity index (χ0n) is 25.5. The van der Waals surface area contributed by atoms with E-state index in [9.17, 15) is 0 Å². The zero-order chi connectivity index (χ0) is 30.3. The highest BCUT2D eigenvalue weighted by Crippen LogP contribution is 2.52. The van der Waals surface area contributed by atoms with Crippen LogP contribution >= 0.6 is 11.9 Å². The van der Waals surface area contributed by atoms with Gasteiger partial charge < -0.3 is 19.4 Å². The molecular formula is C31H41N8O4S+. The van der Waals surface area contributed by atoms with Crippen molar-refractivity contribution in [3.8, 4) is 5.75 Å². The molecule has 2 amide bonds. The summed E-state index contributed by atoms with van der Waals surface area (Å²) in [7, 11) is 3.65. The van der Waals surface area contributed by atoms with Crippen molar-refractivity contribution >= 4 is 23.7 Å². The fourth-order valence-corrected chi connectivity index (χ4v) is 8.54. The molecule has 4 aliphatic rings. The third kappa shape index (κ3) is 4.95.